The summed E-state index contributed by atoms with van der Waals surface area (Å²) in [6.07, 6.45) is 1.36. The fourth-order valence-corrected chi connectivity index (χ4v) is 0.690. The van der Waals surface area contributed by atoms with E-state index >= 15 is 0 Å². The van der Waals surface area contributed by atoms with E-state index in [0.717, 1.165) is 0 Å². The molecule has 0 bridgehead atoms. The lowest BCUT2D eigenvalue weighted by Gasteiger charge is -1.83. The molecule has 5 heteroatoms. The molecule has 0 aromatic carbocycles. The van der Waals surface area contributed by atoms with E-state index in [1.54, 1.807) is 0 Å². The summed E-state index contributed by atoms with van der Waals surface area (Å²) in [7, 11) is 0. The summed E-state index contributed by atoms with van der Waals surface area (Å²) in [6.45, 7) is 0. The molecule has 9 heavy (non-hydrogen) atoms. The fraction of sp³-hybridized carbons (Fsp3) is 0. The van der Waals surface area contributed by atoms with Crippen LogP contribution in [-0.2, 0) is 0 Å². The van der Waals surface area contributed by atoms with Crippen molar-refractivity contribution in [2.45, 2.75) is 0 Å². The zero-order valence-corrected chi connectivity index (χ0v) is 5.86. The van der Waals surface area contributed by atoms with Crippen LogP contribution in [0.15, 0.2) is 20.4 Å². The molecule has 0 spiro atoms. The van der Waals surface area contributed by atoms with Crippen LogP contribution in [0.1, 0.15) is 0 Å². The number of aromatic nitrogens is 2. The molecule has 0 aliphatic carbocycles. The van der Waals surface area contributed by atoms with Gasteiger partial charge in [0.2, 0.25) is 0 Å². The van der Waals surface area contributed by atoms with Crippen molar-refractivity contribution in [2.75, 3.05) is 0 Å². The maximum atomic E-state index is 10.4. The van der Waals surface area contributed by atoms with Gasteiger partial charge >= 0.3 is 11.1 Å². The molecule has 1 rings (SSSR count). The van der Waals surface area contributed by atoms with Crippen molar-refractivity contribution >= 4 is 15.9 Å². The molecule has 0 atom stereocenters. The first-order valence-electron chi connectivity index (χ1n) is 2.17. The van der Waals surface area contributed by atoms with Gasteiger partial charge in [-0.05, 0) is 15.9 Å². The number of hydrogen-bond donors (Lipinski definition) is 2. The van der Waals surface area contributed by atoms with Crippen LogP contribution in [0.2, 0.25) is 0 Å². The van der Waals surface area contributed by atoms with Gasteiger partial charge in [-0.3, -0.25) is 9.59 Å². The van der Waals surface area contributed by atoms with Crippen molar-refractivity contribution in [3.8, 4) is 0 Å². The van der Waals surface area contributed by atoms with Crippen molar-refractivity contribution in [3.05, 3.63) is 31.5 Å². The molecule has 0 unspecified atom stereocenters. The Morgan fingerprint density at radius 1 is 1.33 bits per heavy atom. The lowest BCUT2D eigenvalue weighted by Crippen LogP contribution is -2.28. The van der Waals surface area contributed by atoms with E-state index in [-0.39, 0.29) is 0 Å². The number of nitrogens with one attached hydrogen (secondary N) is 2. The van der Waals surface area contributed by atoms with E-state index in [2.05, 4.69) is 25.9 Å². The predicted molar refractivity (Wildman–Crippen MR) is 35.4 cm³/mol. The maximum absolute atomic E-state index is 10.4. The van der Waals surface area contributed by atoms with Crippen LogP contribution >= 0.6 is 15.9 Å². The molecule has 0 amide bonds. The molecule has 4 nitrogen and oxygen atoms in total. The Kier molecular flexibility index (Phi) is 1.52. The smallest absolute Gasteiger partial charge is 0.314 e. The Bertz CT molecular complexity index is 313. The molecule has 0 aliphatic rings. The Morgan fingerprint density at radius 2 is 2.00 bits per heavy atom. The number of halogens is 1. The second-order valence-electron chi connectivity index (χ2n) is 1.42. The molecule has 2 N–H and O–H groups in total. The summed E-state index contributed by atoms with van der Waals surface area (Å²) in [4.78, 5) is 25.2. The van der Waals surface area contributed by atoms with Gasteiger partial charge in [-0.2, -0.15) is 0 Å². The second kappa shape index (κ2) is 2.18. The number of hydrogen-bond acceptors (Lipinski definition) is 2. The molecule has 0 saturated carbocycles. The highest BCUT2D eigenvalue weighted by molar-refractivity contribution is 9.10. The van der Waals surface area contributed by atoms with E-state index < -0.39 is 11.1 Å². The SMILES string of the molecule is O=c1[nH]cc(Br)[nH]c1=O. The molecule has 1 aromatic heterocycles. The van der Waals surface area contributed by atoms with Gasteiger partial charge in [0.25, 0.3) is 0 Å². The minimum Gasteiger partial charge on any atom is -0.322 e. The first kappa shape index (κ1) is 6.28. The van der Waals surface area contributed by atoms with Crippen molar-refractivity contribution in [2.24, 2.45) is 0 Å². The normalized spacial score (nSPS) is 9.44. The Morgan fingerprint density at radius 3 is 2.44 bits per heavy atom. The molecule has 1 heterocycles. The third-order valence-corrected chi connectivity index (χ3v) is 1.20. The van der Waals surface area contributed by atoms with Crippen LogP contribution in [0.4, 0.5) is 0 Å². The molecule has 0 fully saturated rings. The van der Waals surface area contributed by atoms with Gasteiger partial charge in [0.15, 0.2) is 0 Å². The summed E-state index contributed by atoms with van der Waals surface area (Å²) < 4.78 is 0.465. The molecule has 0 saturated heterocycles. The first-order valence-corrected chi connectivity index (χ1v) is 2.97. The predicted octanol–water partition coefficient (Wildman–Crippen LogP) is -0.174. The van der Waals surface area contributed by atoms with Gasteiger partial charge in [0.1, 0.15) is 4.60 Å². The van der Waals surface area contributed by atoms with Crippen LogP contribution < -0.4 is 11.1 Å². The van der Waals surface area contributed by atoms with E-state index in [0.29, 0.717) is 4.60 Å². The summed E-state index contributed by atoms with van der Waals surface area (Å²) >= 11 is 2.97. The van der Waals surface area contributed by atoms with Crippen LogP contribution in [-0.4, -0.2) is 9.97 Å². The highest BCUT2D eigenvalue weighted by atomic mass is 79.9. The Labute approximate surface area is 58.1 Å². The van der Waals surface area contributed by atoms with E-state index in [1.165, 1.54) is 6.20 Å². The quantitative estimate of drug-likeness (QED) is 0.559. The van der Waals surface area contributed by atoms with Crippen LogP contribution in [0, 0.1) is 0 Å². The van der Waals surface area contributed by atoms with Gasteiger partial charge in [0.05, 0.1) is 0 Å². The molecule has 0 radical (unpaired) electrons. The zero-order valence-electron chi connectivity index (χ0n) is 4.27. The minimum absolute atomic E-state index is 0.465. The van der Waals surface area contributed by atoms with Crippen LogP contribution in [0.3, 0.4) is 0 Å². The second-order valence-corrected chi connectivity index (χ2v) is 2.27. The van der Waals surface area contributed by atoms with E-state index in [1.807, 2.05) is 0 Å². The van der Waals surface area contributed by atoms with E-state index in [4.69, 9.17) is 0 Å². The molecule has 48 valence electrons. The van der Waals surface area contributed by atoms with Crippen molar-refractivity contribution < 1.29 is 0 Å². The fourth-order valence-electron chi connectivity index (χ4n) is 0.396. The summed E-state index contributed by atoms with van der Waals surface area (Å²) in [6, 6.07) is 0. The summed E-state index contributed by atoms with van der Waals surface area (Å²) in [5, 5.41) is 0. The van der Waals surface area contributed by atoms with Gasteiger partial charge < -0.3 is 9.97 Å². The standard InChI is InChI=1S/C4H3BrN2O2/c5-2-1-6-3(8)4(9)7-2/h1H,(H,6,8)(H,7,9). The molecule has 1 aromatic rings. The lowest BCUT2D eigenvalue weighted by molar-refractivity contribution is 1.05. The van der Waals surface area contributed by atoms with Crippen molar-refractivity contribution in [1.29, 1.82) is 0 Å². The van der Waals surface area contributed by atoms with Crippen LogP contribution in [0.25, 0.3) is 0 Å². The van der Waals surface area contributed by atoms with Gasteiger partial charge in [0, 0.05) is 6.20 Å². The maximum Gasteiger partial charge on any atom is 0.314 e. The Hall–Kier alpha value is -0.840. The molecule has 0 aliphatic heterocycles. The van der Waals surface area contributed by atoms with Crippen molar-refractivity contribution in [3.63, 3.8) is 0 Å². The zero-order chi connectivity index (χ0) is 6.85. The average molecular weight is 191 g/mol. The number of rotatable bonds is 0. The van der Waals surface area contributed by atoms with Crippen LogP contribution in [0.5, 0.6) is 0 Å². The third-order valence-electron chi connectivity index (χ3n) is 0.769. The first-order chi connectivity index (χ1) is 4.20. The van der Waals surface area contributed by atoms with Gasteiger partial charge in [-0.25, -0.2) is 0 Å². The highest BCUT2D eigenvalue weighted by Gasteiger charge is 1.90. The lowest BCUT2D eigenvalue weighted by atomic mass is 10.7. The monoisotopic (exact) mass is 190 g/mol. The molecular formula is C4H3BrN2O2. The highest BCUT2D eigenvalue weighted by Crippen LogP contribution is 1.94. The Balaban J connectivity index is 3.53. The van der Waals surface area contributed by atoms with Gasteiger partial charge in [-0.15, -0.1) is 0 Å². The number of H-pyrrole nitrogens is 2. The van der Waals surface area contributed by atoms with Gasteiger partial charge in [-0.1, -0.05) is 0 Å². The minimum atomic E-state index is -0.649. The van der Waals surface area contributed by atoms with Crippen molar-refractivity contribution in [1.82, 2.24) is 9.97 Å². The average Bonchev–Trinajstić information content (AvgIpc) is 1.80. The largest absolute Gasteiger partial charge is 0.322 e. The molecular weight excluding hydrogens is 188 g/mol. The summed E-state index contributed by atoms with van der Waals surface area (Å²) in [5.41, 5.74) is -1.29. The third kappa shape index (κ3) is 1.29. The topological polar surface area (TPSA) is 65.7 Å². The summed E-state index contributed by atoms with van der Waals surface area (Å²) in [5.74, 6) is 0. The number of aromatic amines is 2. The van der Waals surface area contributed by atoms with E-state index in [9.17, 15) is 9.59 Å².